The average Bonchev–Trinajstić information content (AvgIpc) is 2.57. The van der Waals surface area contributed by atoms with Gasteiger partial charge in [0, 0.05) is 10.1 Å². The van der Waals surface area contributed by atoms with Crippen molar-refractivity contribution in [2.45, 2.75) is 5.62 Å². The first kappa shape index (κ1) is 9.46. The van der Waals surface area contributed by atoms with Gasteiger partial charge in [-0.2, -0.15) is 0 Å². The van der Waals surface area contributed by atoms with Crippen molar-refractivity contribution in [3.8, 4) is 0 Å². The molecule has 2 heterocycles. The van der Waals surface area contributed by atoms with Gasteiger partial charge in [0.15, 0.2) is 5.62 Å². The fourth-order valence-corrected chi connectivity index (χ4v) is 3.26. The van der Waals surface area contributed by atoms with Gasteiger partial charge in [0.1, 0.15) is 5.17 Å². The number of aliphatic imine (C=N–C) groups is 1. The molecule has 0 bridgehead atoms. The molecule has 5 heteroatoms. The number of hydrogen-bond donors (Lipinski definition) is 1. The van der Waals surface area contributed by atoms with Gasteiger partial charge in [-0.1, -0.05) is 41.4 Å². The van der Waals surface area contributed by atoms with Crippen LogP contribution in [0, 0.1) is 0 Å². The molecule has 2 aromatic rings. The van der Waals surface area contributed by atoms with Gasteiger partial charge in [-0.05, 0) is 6.07 Å². The molecule has 2 nitrogen and oxygen atoms in total. The third kappa shape index (κ3) is 1.42. The van der Waals surface area contributed by atoms with Crippen molar-refractivity contribution in [2.24, 2.45) is 4.99 Å². The van der Waals surface area contributed by atoms with Crippen LogP contribution in [0.5, 0.6) is 0 Å². The molecule has 0 amide bonds. The molecule has 76 valence electrons. The van der Waals surface area contributed by atoms with Gasteiger partial charge in [0.05, 0.1) is 10.6 Å². The minimum absolute atomic E-state index is 0.469. The number of alkyl halides is 1. The summed E-state index contributed by atoms with van der Waals surface area (Å²) in [7, 11) is 0. The standard InChI is InChI=1S/C10H6Cl2N2S/c11-9-8-7(13-10(12)14-9)5-3-1-2-4-6(5)15-8/h1-4,10,13H. The highest BCUT2D eigenvalue weighted by Crippen LogP contribution is 2.39. The number of nitrogens with one attached hydrogen (secondary N) is 1. The summed E-state index contributed by atoms with van der Waals surface area (Å²) in [6, 6.07) is 8.12. The van der Waals surface area contributed by atoms with E-state index >= 15 is 0 Å². The molecule has 1 aromatic carbocycles. The Hall–Kier alpha value is -0.770. The Morgan fingerprint density at radius 2 is 2.13 bits per heavy atom. The topological polar surface area (TPSA) is 24.4 Å². The summed E-state index contributed by atoms with van der Waals surface area (Å²) in [5.41, 5.74) is 0.526. The van der Waals surface area contributed by atoms with Crippen LogP contribution in [0.15, 0.2) is 29.3 Å². The fraction of sp³-hybridized carbons (Fsp3) is 0.100. The Morgan fingerprint density at radius 1 is 1.33 bits per heavy atom. The van der Waals surface area contributed by atoms with Gasteiger partial charge in [0.2, 0.25) is 0 Å². The lowest BCUT2D eigenvalue weighted by Gasteiger charge is -2.15. The lowest BCUT2D eigenvalue weighted by molar-refractivity contribution is 1.04. The van der Waals surface area contributed by atoms with E-state index in [-0.39, 0.29) is 0 Å². The molecule has 1 atom stereocenters. The SMILES string of the molecule is ClC1=NC(Cl)Nc2c1sc1ccccc21. The first-order valence-electron chi connectivity index (χ1n) is 4.41. The molecular weight excluding hydrogens is 251 g/mol. The predicted octanol–water partition coefficient (Wildman–Crippen LogP) is 3.83. The average molecular weight is 257 g/mol. The van der Waals surface area contributed by atoms with Crippen molar-refractivity contribution in [1.82, 2.24) is 0 Å². The molecule has 15 heavy (non-hydrogen) atoms. The minimum atomic E-state index is -0.469. The summed E-state index contributed by atoms with van der Waals surface area (Å²) < 4.78 is 1.19. The van der Waals surface area contributed by atoms with Gasteiger partial charge in [-0.25, -0.2) is 4.99 Å². The zero-order valence-corrected chi connectivity index (χ0v) is 9.83. The molecule has 1 unspecified atom stereocenters. The normalized spacial score (nSPS) is 19.6. The highest BCUT2D eigenvalue weighted by Gasteiger charge is 2.21. The number of benzene rings is 1. The second-order valence-electron chi connectivity index (χ2n) is 3.20. The Bertz CT molecular complexity index is 562. The lowest BCUT2D eigenvalue weighted by atomic mass is 10.2. The zero-order chi connectivity index (χ0) is 10.4. The van der Waals surface area contributed by atoms with Crippen LogP contribution < -0.4 is 5.32 Å². The summed E-state index contributed by atoms with van der Waals surface area (Å²) in [4.78, 5) is 5.03. The highest BCUT2D eigenvalue weighted by atomic mass is 35.5. The molecule has 1 N–H and O–H groups in total. The van der Waals surface area contributed by atoms with Crippen LogP contribution in [0.1, 0.15) is 4.88 Å². The summed E-state index contributed by atoms with van der Waals surface area (Å²) in [5.74, 6) is 0. The highest BCUT2D eigenvalue weighted by molar-refractivity contribution is 7.23. The van der Waals surface area contributed by atoms with Crippen molar-refractivity contribution in [1.29, 1.82) is 0 Å². The monoisotopic (exact) mass is 256 g/mol. The molecule has 0 spiro atoms. The molecule has 1 aliphatic heterocycles. The second-order valence-corrected chi connectivity index (χ2v) is 5.03. The zero-order valence-electron chi connectivity index (χ0n) is 7.50. The predicted molar refractivity (Wildman–Crippen MR) is 67.5 cm³/mol. The maximum atomic E-state index is 6.05. The molecule has 1 aliphatic rings. The van der Waals surface area contributed by atoms with Gasteiger partial charge in [-0.3, -0.25) is 0 Å². The van der Waals surface area contributed by atoms with Crippen LogP contribution in [0.4, 0.5) is 5.69 Å². The second kappa shape index (κ2) is 3.37. The first-order valence-corrected chi connectivity index (χ1v) is 6.04. The number of nitrogens with zero attached hydrogens (tertiary/aromatic N) is 1. The van der Waals surface area contributed by atoms with E-state index in [2.05, 4.69) is 22.4 Å². The van der Waals surface area contributed by atoms with Crippen LogP contribution in [-0.4, -0.2) is 10.8 Å². The van der Waals surface area contributed by atoms with E-state index in [0.29, 0.717) is 5.17 Å². The number of halogens is 2. The van der Waals surface area contributed by atoms with E-state index in [9.17, 15) is 0 Å². The van der Waals surface area contributed by atoms with E-state index in [1.165, 1.54) is 4.70 Å². The molecule has 0 radical (unpaired) electrons. The molecule has 0 aliphatic carbocycles. The summed E-state index contributed by atoms with van der Waals surface area (Å²) in [5, 5.41) is 4.76. The molecule has 0 fully saturated rings. The van der Waals surface area contributed by atoms with Crippen molar-refractivity contribution >= 4 is 55.5 Å². The van der Waals surface area contributed by atoms with Crippen LogP contribution >= 0.6 is 34.5 Å². The number of rotatable bonds is 0. The Morgan fingerprint density at radius 3 is 3.00 bits per heavy atom. The maximum Gasteiger partial charge on any atom is 0.197 e. The van der Waals surface area contributed by atoms with Crippen LogP contribution in [-0.2, 0) is 0 Å². The van der Waals surface area contributed by atoms with Crippen molar-refractivity contribution in [2.75, 3.05) is 5.32 Å². The number of fused-ring (bicyclic) bond motifs is 3. The molecular formula is C10H6Cl2N2S. The molecule has 0 saturated heterocycles. The summed E-state index contributed by atoms with van der Waals surface area (Å²) >= 11 is 13.6. The van der Waals surface area contributed by atoms with E-state index in [1.807, 2.05) is 12.1 Å². The van der Waals surface area contributed by atoms with E-state index in [1.54, 1.807) is 11.3 Å². The third-order valence-electron chi connectivity index (χ3n) is 2.27. The Kier molecular flexibility index (Phi) is 2.12. The number of thiophene rings is 1. The van der Waals surface area contributed by atoms with Gasteiger partial charge in [-0.15, -0.1) is 11.3 Å². The largest absolute Gasteiger partial charge is 0.349 e. The first-order chi connectivity index (χ1) is 7.25. The van der Waals surface area contributed by atoms with Crippen molar-refractivity contribution < 1.29 is 0 Å². The number of hydrogen-bond acceptors (Lipinski definition) is 3. The van der Waals surface area contributed by atoms with Gasteiger partial charge in [0.25, 0.3) is 0 Å². The minimum Gasteiger partial charge on any atom is -0.349 e. The summed E-state index contributed by atoms with van der Waals surface area (Å²) in [6.07, 6.45) is 0. The lowest BCUT2D eigenvalue weighted by Crippen LogP contribution is -2.17. The van der Waals surface area contributed by atoms with Crippen molar-refractivity contribution in [3.63, 3.8) is 0 Å². The maximum absolute atomic E-state index is 6.05. The molecule has 0 saturated carbocycles. The van der Waals surface area contributed by atoms with E-state index < -0.39 is 5.62 Å². The van der Waals surface area contributed by atoms with Crippen molar-refractivity contribution in [3.05, 3.63) is 29.1 Å². The summed E-state index contributed by atoms with van der Waals surface area (Å²) in [6.45, 7) is 0. The van der Waals surface area contributed by atoms with E-state index in [0.717, 1.165) is 16.0 Å². The smallest absolute Gasteiger partial charge is 0.197 e. The van der Waals surface area contributed by atoms with E-state index in [4.69, 9.17) is 23.2 Å². The Balaban J connectivity index is 2.34. The molecule has 3 rings (SSSR count). The van der Waals surface area contributed by atoms with Crippen LogP contribution in [0.25, 0.3) is 10.1 Å². The van der Waals surface area contributed by atoms with Gasteiger partial charge >= 0.3 is 0 Å². The molecule has 1 aromatic heterocycles. The third-order valence-corrected chi connectivity index (χ3v) is 4.06. The Labute approximate surface area is 101 Å². The van der Waals surface area contributed by atoms with Gasteiger partial charge < -0.3 is 5.32 Å². The quantitative estimate of drug-likeness (QED) is 0.562. The van der Waals surface area contributed by atoms with Crippen LogP contribution in [0.2, 0.25) is 0 Å². The fourth-order valence-electron chi connectivity index (χ4n) is 1.64. The number of anilines is 1. The van der Waals surface area contributed by atoms with Crippen LogP contribution in [0.3, 0.4) is 0 Å².